The van der Waals surface area contributed by atoms with E-state index < -0.39 is 0 Å². The van der Waals surface area contributed by atoms with Crippen LogP contribution in [0.25, 0.3) is 0 Å². The van der Waals surface area contributed by atoms with Gasteiger partial charge in [0.2, 0.25) is 11.8 Å². The fourth-order valence-corrected chi connectivity index (χ4v) is 5.14. The van der Waals surface area contributed by atoms with Gasteiger partial charge in [0.1, 0.15) is 6.54 Å². The van der Waals surface area contributed by atoms with Crippen molar-refractivity contribution in [2.24, 2.45) is 0 Å². The van der Waals surface area contributed by atoms with Crippen LogP contribution < -0.4 is 10.2 Å². The van der Waals surface area contributed by atoms with Gasteiger partial charge >= 0.3 is 0 Å². The van der Waals surface area contributed by atoms with E-state index in [0.717, 1.165) is 23.4 Å². The molecule has 31 heavy (non-hydrogen) atoms. The van der Waals surface area contributed by atoms with E-state index in [4.69, 9.17) is 0 Å². The molecule has 0 spiro atoms. The van der Waals surface area contributed by atoms with E-state index in [0.29, 0.717) is 23.0 Å². The Kier molecular flexibility index (Phi) is 6.61. The van der Waals surface area contributed by atoms with E-state index in [1.54, 1.807) is 24.3 Å². The van der Waals surface area contributed by atoms with Gasteiger partial charge in [-0.15, -0.1) is 11.8 Å². The molecule has 2 aromatic carbocycles. The van der Waals surface area contributed by atoms with E-state index in [1.165, 1.54) is 35.9 Å². The van der Waals surface area contributed by atoms with Crippen LogP contribution in [0.4, 0.5) is 11.4 Å². The van der Waals surface area contributed by atoms with Crippen molar-refractivity contribution in [2.75, 3.05) is 29.6 Å². The molecule has 0 radical (unpaired) electrons. The van der Waals surface area contributed by atoms with Crippen LogP contribution in [0, 0.1) is 0 Å². The van der Waals surface area contributed by atoms with Crippen molar-refractivity contribution in [3.8, 4) is 0 Å². The Morgan fingerprint density at radius 1 is 1.06 bits per heavy atom. The van der Waals surface area contributed by atoms with Gasteiger partial charge in [0.25, 0.3) is 5.91 Å². The van der Waals surface area contributed by atoms with Crippen molar-refractivity contribution in [1.82, 2.24) is 4.90 Å². The summed E-state index contributed by atoms with van der Waals surface area (Å²) >= 11 is 1.49. The van der Waals surface area contributed by atoms with Gasteiger partial charge in [0.05, 0.1) is 11.4 Å². The first-order valence-corrected chi connectivity index (χ1v) is 11.7. The van der Waals surface area contributed by atoms with Crippen molar-refractivity contribution in [3.63, 3.8) is 0 Å². The van der Waals surface area contributed by atoms with Gasteiger partial charge < -0.3 is 15.1 Å². The maximum absolute atomic E-state index is 12.8. The van der Waals surface area contributed by atoms with Gasteiger partial charge in [-0.05, 0) is 49.2 Å². The summed E-state index contributed by atoms with van der Waals surface area (Å²) < 4.78 is 0. The molecule has 0 saturated heterocycles. The molecule has 1 saturated carbocycles. The number of rotatable bonds is 5. The first kappa shape index (κ1) is 21.4. The second-order valence-corrected chi connectivity index (χ2v) is 9.09. The number of nitrogens with zero attached hydrogens (tertiary/aromatic N) is 2. The first-order chi connectivity index (χ1) is 15.0. The predicted octanol–water partition coefficient (Wildman–Crippen LogP) is 4.17. The predicted molar refractivity (Wildman–Crippen MR) is 124 cm³/mol. The molecule has 1 aliphatic heterocycles. The largest absolute Gasteiger partial charge is 0.339 e. The molecule has 1 heterocycles. The van der Waals surface area contributed by atoms with E-state index in [9.17, 15) is 14.4 Å². The molecule has 0 atom stereocenters. The molecule has 1 fully saturated rings. The molecule has 1 aliphatic carbocycles. The van der Waals surface area contributed by atoms with E-state index >= 15 is 0 Å². The number of thioether (sulfide) groups is 1. The van der Waals surface area contributed by atoms with E-state index in [1.807, 2.05) is 36.2 Å². The molecular weight excluding hydrogens is 410 g/mol. The Morgan fingerprint density at radius 3 is 2.52 bits per heavy atom. The van der Waals surface area contributed by atoms with Crippen molar-refractivity contribution in [2.45, 2.75) is 43.0 Å². The molecule has 2 aromatic rings. The first-order valence-electron chi connectivity index (χ1n) is 10.7. The lowest BCUT2D eigenvalue weighted by Crippen LogP contribution is -2.41. The van der Waals surface area contributed by atoms with E-state index in [2.05, 4.69) is 5.32 Å². The third-order valence-corrected chi connectivity index (χ3v) is 7.02. The number of hydrogen-bond donors (Lipinski definition) is 1. The summed E-state index contributed by atoms with van der Waals surface area (Å²) in [5.74, 6) is -0.00732. The van der Waals surface area contributed by atoms with Crippen LogP contribution in [0.5, 0.6) is 0 Å². The molecule has 6 nitrogen and oxygen atoms in total. The highest BCUT2D eigenvalue weighted by Gasteiger charge is 2.26. The summed E-state index contributed by atoms with van der Waals surface area (Å²) in [6.45, 7) is -0.0402. The van der Waals surface area contributed by atoms with Gasteiger partial charge in [-0.25, -0.2) is 0 Å². The number of hydrogen-bond acceptors (Lipinski definition) is 4. The minimum Gasteiger partial charge on any atom is -0.339 e. The Hall–Kier alpha value is -2.80. The molecule has 0 unspecified atom stereocenters. The topological polar surface area (TPSA) is 69.7 Å². The summed E-state index contributed by atoms with van der Waals surface area (Å²) in [4.78, 5) is 42.1. The normalized spacial score (nSPS) is 16.5. The van der Waals surface area contributed by atoms with E-state index in [-0.39, 0.29) is 24.3 Å². The summed E-state index contributed by atoms with van der Waals surface area (Å²) in [7, 11) is 1.87. The minimum atomic E-state index is -0.270. The third-order valence-electron chi connectivity index (χ3n) is 5.97. The molecule has 1 N–H and O–H groups in total. The average Bonchev–Trinajstić information content (AvgIpc) is 2.81. The maximum Gasteiger partial charge on any atom is 0.253 e. The number of carbonyl (C=O) groups is 3. The summed E-state index contributed by atoms with van der Waals surface area (Å²) in [6, 6.07) is 14.9. The van der Waals surface area contributed by atoms with Crippen LogP contribution in [0.15, 0.2) is 53.4 Å². The fraction of sp³-hybridized carbons (Fsp3) is 0.375. The lowest BCUT2D eigenvalue weighted by molar-refractivity contribution is -0.120. The van der Waals surface area contributed by atoms with Crippen molar-refractivity contribution in [3.05, 3.63) is 54.1 Å². The summed E-state index contributed by atoms with van der Waals surface area (Å²) in [5.41, 5.74) is 1.99. The summed E-state index contributed by atoms with van der Waals surface area (Å²) in [5, 5.41) is 2.83. The second kappa shape index (κ2) is 9.56. The zero-order valence-corrected chi connectivity index (χ0v) is 18.5. The Bertz CT molecular complexity index is 970. The number of benzene rings is 2. The highest BCUT2D eigenvalue weighted by Crippen LogP contribution is 2.34. The SMILES string of the molecule is CN(C(=O)c1ccc(NC(=O)CN2C(=O)CSc3ccccc32)cc1)C1CCCCC1. The highest BCUT2D eigenvalue weighted by molar-refractivity contribution is 8.00. The Morgan fingerprint density at radius 2 is 1.77 bits per heavy atom. The lowest BCUT2D eigenvalue weighted by atomic mass is 9.94. The quantitative estimate of drug-likeness (QED) is 0.762. The van der Waals surface area contributed by atoms with Crippen LogP contribution >= 0.6 is 11.8 Å². The van der Waals surface area contributed by atoms with Gasteiger partial charge in [-0.2, -0.15) is 0 Å². The van der Waals surface area contributed by atoms with Crippen LogP contribution in [0.3, 0.4) is 0 Å². The molecular formula is C24H27N3O3S. The number of nitrogens with one attached hydrogen (secondary N) is 1. The molecule has 4 rings (SSSR count). The van der Waals surface area contributed by atoms with Crippen molar-refractivity contribution >= 4 is 40.9 Å². The average molecular weight is 438 g/mol. The highest BCUT2D eigenvalue weighted by atomic mass is 32.2. The number of fused-ring (bicyclic) bond motifs is 1. The zero-order chi connectivity index (χ0) is 21.8. The zero-order valence-electron chi connectivity index (χ0n) is 17.7. The number of carbonyl (C=O) groups excluding carboxylic acids is 3. The molecule has 2 aliphatic rings. The van der Waals surface area contributed by atoms with Gasteiger partial charge in [-0.1, -0.05) is 31.4 Å². The molecule has 162 valence electrons. The Labute approximate surface area is 187 Å². The summed E-state index contributed by atoms with van der Waals surface area (Å²) in [6.07, 6.45) is 5.73. The minimum absolute atomic E-state index is 0.0118. The van der Waals surface area contributed by atoms with Gasteiger partial charge in [0, 0.05) is 29.2 Å². The number of para-hydroxylation sites is 1. The molecule has 7 heteroatoms. The van der Waals surface area contributed by atoms with Gasteiger partial charge in [-0.3, -0.25) is 14.4 Å². The second-order valence-electron chi connectivity index (χ2n) is 8.07. The van der Waals surface area contributed by atoms with Crippen molar-refractivity contribution in [1.29, 1.82) is 0 Å². The van der Waals surface area contributed by atoms with Crippen molar-refractivity contribution < 1.29 is 14.4 Å². The standard InChI is InChI=1S/C24H27N3O3S/c1-26(19-7-3-2-4-8-19)24(30)17-11-13-18(14-12-17)25-22(28)15-27-20-9-5-6-10-21(20)31-16-23(27)29/h5-6,9-14,19H,2-4,7-8,15-16H2,1H3,(H,25,28). The van der Waals surface area contributed by atoms with Crippen LogP contribution in [0.1, 0.15) is 42.5 Å². The van der Waals surface area contributed by atoms with Crippen LogP contribution in [-0.2, 0) is 9.59 Å². The van der Waals surface area contributed by atoms with Crippen LogP contribution in [0.2, 0.25) is 0 Å². The molecule has 0 aromatic heterocycles. The van der Waals surface area contributed by atoms with Crippen LogP contribution in [-0.4, -0.2) is 48.0 Å². The monoisotopic (exact) mass is 437 g/mol. The molecule has 3 amide bonds. The number of anilines is 2. The number of amides is 3. The fourth-order valence-electron chi connectivity index (χ4n) is 4.21. The Balaban J connectivity index is 1.37. The maximum atomic E-state index is 12.8. The smallest absolute Gasteiger partial charge is 0.253 e. The molecule has 0 bridgehead atoms. The lowest BCUT2D eigenvalue weighted by Gasteiger charge is -2.31. The third kappa shape index (κ3) is 4.93. The van der Waals surface area contributed by atoms with Gasteiger partial charge in [0.15, 0.2) is 0 Å².